The number of aromatic nitrogens is 4. The number of aromatic amines is 2. The van der Waals surface area contributed by atoms with Crippen LogP contribution in [0.3, 0.4) is 0 Å². The number of carbonyl (C=O) groups excluding carboxylic acids is 2. The molecule has 2 aliphatic heterocycles. The molecule has 2 fully saturated rings. The van der Waals surface area contributed by atoms with Gasteiger partial charge in [-0.05, 0) is 95.5 Å². The summed E-state index contributed by atoms with van der Waals surface area (Å²) >= 11 is 0. The zero-order valence-corrected chi connectivity index (χ0v) is 44.4. The lowest BCUT2D eigenvalue weighted by Gasteiger charge is -2.29. The first-order valence-electron chi connectivity index (χ1n) is 23.9. The van der Waals surface area contributed by atoms with Gasteiger partial charge in [-0.15, -0.1) is 0 Å². The van der Waals surface area contributed by atoms with Crippen LogP contribution in [0, 0.1) is 0 Å². The number of ether oxygens (including phenoxy) is 4. The number of hydrogen-bond donors (Lipinski definition) is 6. The predicted octanol–water partition coefficient (Wildman–Crippen LogP) is 4.60. The number of carbonyl (C=O) groups is 2. The SMILES string of the molecule is CC(C)OC(=O)C(C)NP(=O)(OC[C@@]1(F)O[C@@H](n2ccc(=O)[nH]c2=O)[C@](C)(F)[C@@H]1O)Oc1ccc2ccc(CC(NP(=O)(OC[C@@]3(F)O[C@@H](n4ccc(=O)[nH]c4=O)[C@](C)(F)[C@@H]3O)Oc3ccccc3)C(=O)OC(C)C)cc2c1. The van der Waals surface area contributed by atoms with Crippen LogP contribution in [0.15, 0.2) is 110 Å². The molecule has 7 rings (SSSR count). The number of rotatable bonds is 22. The molecular formula is C48H56F4N6O18P2. The molecular weight excluding hydrogens is 1090 g/mol. The van der Waals surface area contributed by atoms with Crippen molar-refractivity contribution in [3.63, 3.8) is 0 Å². The number of nitrogens with zero attached hydrogens (tertiary/aromatic N) is 2. The van der Waals surface area contributed by atoms with Crippen LogP contribution in [0.25, 0.3) is 10.8 Å². The molecule has 2 saturated heterocycles. The Hall–Kier alpha value is -6.32. The van der Waals surface area contributed by atoms with Gasteiger partial charge in [0.25, 0.3) is 22.8 Å². The van der Waals surface area contributed by atoms with Crippen LogP contribution in [0.2, 0.25) is 0 Å². The third kappa shape index (κ3) is 13.2. The van der Waals surface area contributed by atoms with E-state index in [1.165, 1.54) is 83.1 Å². The summed E-state index contributed by atoms with van der Waals surface area (Å²) < 4.78 is 139. The van der Waals surface area contributed by atoms with Crippen molar-refractivity contribution < 1.29 is 83.5 Å². The second kappa shape index (κ2) is 22.8. The van der Waals surface area contributed by atoms with Gasteiger partial charge in [0.2, 0.25) is 0 Å². The van der Waals surface area contributed by atoms with Gasteiger partial charge in [0.15, 0.2) is 36.0 Å². The number of para-hydroxylation sites is 1. The molecule has 0 spiro atoms. The summed E-state index contributed by atoms with van der Waals surface area (Å²) in [4.78, 5) is 79.0. The Morgan fingerprint density at radius 2 is 1.13 bits per heavy atom. The second-order valence-electron chi connectivity index (χ2n) is 19.2. The van der Waals surface area contributed by atoms with Crippen LogP contribution in [-0.2, 0) is 53.1 Å². The lowest BCUT2D eigenvalue weighted by Crippen LogP contribution is -2.48. The predicted molar refractivity (Wildman–Crippen MR) is 266 cm³/mol. The van der Waals surface area contributed by atoms with Crippen molar-refractivity contribution in [1.82, 2.24) is 29.3 Å². The Bertz CT molecular complexity index is 3360. The van der Waals surface area contributed by atoms with Gasteiger partial charge in [0.05, 0.1) is 12.2 Å². The van der Waals surface area contributed by atoms with Crippen molar-refractivity contribution in [3.8, 4) is 11.5 Å². The molecule has 3 aromatic carbocycles. The molecule has 4 heterocycles. The first kappa shape index (κ1) is 59.3. The molecule has 0 radical (unpaired) electrons. The molecule has 30 heteroatoms. The van der Waals surface area contributed by atoms with Crippen LogP contribution in [-0.4, -0.2) is 114 Å². The average molecular weight is 1140 g/mol. The highest BCUT2D eigenvalue weighted by molar-refractivity contribution is 7.52. The van der Waals surface area contributed by atoms with Crippen molar-refractivity contribution in [3.05, 3.63) is 138 Å². The molecule has 0 bridgehead atoms. The Balaban J connectivity index is 1.17. The zero-order chi connectivity index (χ0) is 57.3. The van der Waals surface area contributed by atoms with Crippen molar-refractivity contribution >= 4 is 38.2 Å². The van der Waals surface area contributed by atoms with Crippen molar-refractivity contribution in [2.75, 3.05) is 13.2 Å². The van der Waals surface area contributed by atoms with Gasteiger partial charge in [-0.1, -0.05) is 42.5 Å². The first-order chi connectivity index (χ1) is 36.4. The number of hydrogen-bond acceptors (Lipinski definition) is 18. The number of benzene rings is 3. The van der Waals surface area contributed by atoms with E-state index in [1.807, 2.05) is 9.97 Å². The number of aliphatic hydroxyl groups is 2. The van der Waals surface area contributed by atoms with E-state index in [-0.39, 0.29) is 22.4 Å². The fourth-order valence-corrected chi connectivity index (χ4v) is 11.2. The van der Waals surface area contributed by atoms with Gasteiger partial charge in [-0.25, -0.2) is 36.3 Å². The quantitative estimate of drug-likeness (QED) is 0.0313. The number of H-pyrrole nitrogens is 2. The maximum Gasteiger partial charge on any atom is 0.459 e. The monoisotopic (exact) mass is 1140 g/mol. The minimum absolute atomic E-state index is 0.139. The van der Waals surface area contributed by atoms with Crippen molar-refractivity contribution in [1.29, 1.82) is 0 Å². The summed E-state index contributed by atoms with van der Waals surface area (Å²) in [5, 5.41) is 27.4. The molecule has 6 N–H and O–H groups in total. The molecule has 12 atom stereocenters. The van der Waals surface area contributed by atoms with E-state index in [1.54, 1.807) is 18.2 Å². The number of fused-ring (bicyclic) bond motifs is 1. The van der Waals surface area contributed by atoms with Gasteiger partial charge in [-0.2, -0.15) is 10.2 Å². The van der Waals surface area contributed by atoms with E-state index in [0.29, 0.717) is 28.4 Å². The Morgan fingerprint density at radius 1 is 0.654 bits per heavy atom. The topological polar surface area (TPSA) is 316 Å². The fraction of sp³-hybridized carbons (Fsp3) is 0.458. The fourth-order valence-electron chi connectivity index (χ4n) is 8.24. The molecule has 78 heavy (non-hydrogen) atoms. The third-order valence-corrected chi connectivity index (χ3v) is 15.2. The maximum absolute atomic E-state index is 16.7. The minimum Gasteiger partial charge on any atom is -0.462 e. The average Bonchev–Trinajstić information content (AvgIpc) is 3.67. The molecule has 424 valence electrons. The number of halogens is 4. The van der Waals surface area contributed by atoms with Crippen LogP contribution in [0.5, 0.6) is 11.5 Å². The molecule has 5 aromatic rings. The highest BCUT2D eigenvalue weighted by atomic mass is 31.2. The Morgan fingerprint density at radius 3 is 1.63 bits per heavy atom. The smallest absolute Gasteiger partial charge is 0.459 e. The van der Waals surface area contributed by atoms with Gasteiger partial charge < -0.3 is 38.2 Å². The molecule has 0 saturated carbocycles. The van der Waals surface area contributed by atoms with Crippen LogP contribution >= 0.6 is 15.5 Å². The highest BCUT2D eigenvalue weighted by Crippen LogP contribution is 2.53. The number of aliphatic hydroxyl groups excluding tert-OH is 2. The summed E-state index contributed by atoms with van der Waals surface area (Å²) in [6.45, 7) is 5.63. The van der Waals surface area contributed by atoms with Crippen LogP contribution in [0.4, 0.5) is 17.6 Å². The van der Waals surface area contributed by atoms with E-state index in [0.717, 1.165) is 24.5 Å². The van der Waals surface area contributed by atoms with Crippen LogP contribution in [0.1, 0.15) is 66.5 Å². The highest BCUT2D eigenvalue weighted by Gasteiger charge is 2.66. The molecule has 0 aliphatic carbocycles. The minimum atomic E-state index is -5.09. The van der Waals surface area contributed by atoms with Gasteiger partial charge >= 0.3 is 38.8 Å². The lowest BCUT2D eigenvalue weighted by atomic mass is 9.97. The summed E-state index contributed by atoms with van der Waals surface area (Å²) in [5.74, 6) is -9.53. The second-order valence-corrected chi connectivity index (χ2v) is 22.6. The van der Waals surface area contributed by atoms with E-state index in [9.17, 15) is 48.1 Å². The number of esters is 2. The molecule has 2 aliphatic rings. The maximum atomic E-state index is 16.7. The normalized spacial score (nSPS) is 27.5. The summed E-state index contributed by atoms with van der Waals surface area (Å²) in [6, 6.07) is 14.4. The van der Waals surface area contributed by atoms with Gasteiger partial charge in [0, 0.05) is 24.5 Å². The summed E-state index contributed by atoms with van der Waals surface area (Å²) in [6.07, 6.45) is -10.0. The first-order valence-corrected chi connectivity index (χ1v) is 27.0. The summed E-state index contributed by atoms with van der Waals surface area (Å²) in [7, 11) is -10.2. The number of nitrogens with one attached hydrogen (secondary N) is 4. The lowest BCUT2D eigenvalue weighted by molar-refractivity contribution is -0.204. The van der Waals surface area contributed by atoms with Crippen molar-refractivity contribution in [2.45, 2.75) is 127 Å². The van der Waals surface area contributed by atoms with E-state index >= 15 is 17.6 Å². The molecule has 0 amide bonds. The van der Waals surface area contributed by atoms with Crippen molar-refractivity contribution in [2.24, 2.45) is 0 Å². The van der Waals surface area contributed by atoms with Gasteiger partial charge in [-0.3, -0.25) is 47.3 Å². The zero-order valence-electron chi connectivity index (χ0n) is 42.6. The van der Waals surface area contributed by atoms with Gasteiger partial charge in [0.1, 0.15) is 36.8 Å². The molecule has 2 aromatic heterocycles. The van der Waals surface area contributed by atoms with E-state index < -0.39 is 142 Å². The Labute approximate surface area is 440 Å². The van der Waals surface area contributed by atoms with E-state index in [2.05, 4.69) is 10.2 Å². The van der Waals surface area contributed by atoms with E-state index in [4.69, 9.17) is 37.0 Å². The third-order valence-electron chi connectivity index (χ3n) is 12.1. The largest absolute Gasteiger partial charge is 0.462 e. The standard InChI is InChI=1S/C48H56F4N6O18P2/c1-26(2)71-37(61)28(5)55-77(67,69-24-47(51)39(63)45(6,49)41(73-47)57-19-17-35(59)53-43(57)65)76-33-16-15-30-14-13-29(21-31(30)23-33)22-34(38(62)72-27(3)4)56-78(68,75-32-11-9-8-10-12-32)70-25-48(52)40(64)46(7,50)42(74-48)58-20-18-36(60)54-44(58)66/h8-21,23,26-28,34,39-42,63-64H,22,24-25H2,1-7H3,(H,55,67)(H,56,68)(H,53,59,65)(H,54,60,66)/t28?,34?,39-,40-,41+,42+,45+,46+,47+,48+,77?,78?/m0/s1. The van der Waals surface area contributed by atoms with Crippen LogP contribution < -0.4 is 41.7 Å². The summed E-state index contributed by atoms with van der Waals surface area (Å²) in [5.41, 5.74) is -10.0. The number of alkyl halides is 4. The Kier molecular flexibility index (Phi) is 17.3. The molecule has 24 nitrogen and oxygen atoms in total. The molecule has 4 unspecified atom stereocenters.